The Balaban J connectivity index is 2.48. The Morgan fingerprint density at radius 2 is 2.00 bits per heavy atom. The summed E-state index contributed by atoms with van der Waals surface area (Å²) in [5.74, 6) is -0.257. The maximum absolute atomic E-state index is 13.0. The highest BCUT2D eigenvalue weighted by Crippen LogP contribution is 2.17. The number of hydrogen-bond donors (Lipinski definition) is 2. The van der Waals surface area contributed by atoms with E-state index in [1.807, 2.05) is 13.8 Å². The minimum absolute atomic E-state index is 0.257. The minimum Gasteiger partial charge on any atom is -0.389 e. The lowest BCUT2D eigenvalue weighted by Crippen LogP contribution is -2.39. The van der Waals surface area contributed by atoms with E-state index in [0.29, 0.717) is 17.6 Å². The van der Waals surface area contributed by atoms with Gasteiger partial charge in [0.25, 0.3) is 0 Å². The van der Waals surface area contributed by atoms with Gasteiger partial charge in [-0.2, -0.15) is 0 Å². The lowest BCUT2D eigenvalue weighted by atomic mass is 9.97. The van der Waals surface area contributed by atoms with Gasteiger partial charge in [-0.25, -0.2) is 4.39 Å². The molecule has 2 N–H and O–H groups in total. The molecule has 0 bridgehead atoms. The van der Waals surface area contributed by atoms with Gasteiger partial charge in [0.2, 0.25) is 0 Å². The predicted octanol–water partition coefficient (Wildman–Crippen LogP) is 3.23. The molecule has 0 saturated heterocycles. The zero-order valence-electron chi connectivity index (χ0n) is 10.3. The zero-order valence-corrected chi connectivity index (χ0v) is 11.8. The summed E-state index contributed by atoms with van der Waals surface area (Å²) in [4.78, 5) is 0. The molecule has 0 radical (unpaired) electrons. The molecule has 96 valence electrons. The van der Waals surface area contributed by atoms with Crippen LogP contribution in [0.15, 0.2) is 22.7 Å². The van der Waals surface area contributed by atoms with Crippen LogP contribution in [0.2, 0.25) is 0 Å². The molecule has 0 aliphatic carbocycles. The van der Waals surface area contributed by atoms with Crippen molar-refractivity contribution in [1.82, 2.24) is 5.32 Å². The van der Waals surface area contributed by atoms with Gasteiger partial charge >= 0.3 is 0 Å². The third kappa shape index (κ3) is 4.37. The fourth-order valence-electron chi connectivity index (χ4n) is 1.59. The molecule has 2 nitrogen and oxygen atoms in total. The number of rotatable bonds is 6. The van der Waals surface area contributed by atoms with Gasteiger partial charge in [0, 0.05) is 13.1 Å². The number of halogens is 2. The van der Waals surface area contributed by atoms with Crippen LogP contribution in [0, 0.1) is 5.82 Å². The second kappa shape index (κ2) is 6.47. The van der Waals surface area contributed by atoms with Crippen LogP contribution in [-0.4, -0.2) is 17.3 Å². The minimum atomic E-state index is -0.642. The predicted molar refractivity (Wildman–Crippen MR) is 71.3 cm³/mol. The first kappa shape index (κ1) is 14.6. The Hall–Kier alpha value is -0.450. The van der Waals surface area contributed by atoms with Crippen molar-refractivity contribution in [3.05, 3.63) is 34.1 Å². The molecule has 4 heteroatoms. The molecule has 0 spiro atoms. The van der Waals surface area contributed by atoms with Crippen LogP contribution in [0.4, 0.5) is 4.39 Å². The van der Waals surface area contributed by atoms with Gasteiger partial charge < -0.3 is 10.4 Å². The topological polar surface area (TPSA) is 32.3 Å². The summed E-state index contributed by atoms with van der Waals surface area (Å²) in [7, 11) is 0. The molecule has 0 fully saturated rings. The molecular weight excluding hydrogens is 285 g/mol. The van der Waals surface area contributed by atoms with E-state index in [4.69, 9.17) is 0 Å². The van der Waals surface area contributed by atoms with Crippen molar-refractivity contribution in [2.24, 2.45) is 0 Å². The Labute approximate surface area is 110 Å². The van der Waals surface area contributed by atoms with Gasteiger partial charge in [0.05, 0.1) is 10.1 Å². The van der Waals surface area contributed by atoms with E-state index in [-0.39, 0.29) is 5.82 Å². The lowest BCUT2D eigenvalue weighted by Gasteiger charge is -2.25. The maximum atomic E-state index is 13.0. The Kier molecular flexibility index (Phi) is 5.56. The Morgan fingerprint density at radius 3 is 2.53 bits per heavy atom. The van der Waals surface area contributed by atoms with Crippen LogP contribution < -0.4 is 5.32 Å². The van der Waals surface area contributed by atoms with Gasteiger partial charge in [-0.05, 0) is 46.5 Å². The van der Waals surface area contributed by atoms with Crippen LogP contribution in [0.5, 0.6) is 0 Å². The zero-order chi connectivity index (χ0) is 12.9. The second-order valence-electron chi connectivity index (χ2n) is 4.28. The standard InChI is InChI=1S/C13H19BrFNO/c1-3-13(17,4-2)9-16-8-10-5-6-12(15)11(14)7-10/h5-7,16-17H,3-4,8-9H2,1-2H3. The van der Waals surface area contributed by atoms with Crippen LogP contribution in [0.3, 0.4) is 0 Å². The summed E-state index contributed by atoms with van der Waals surface area (Å²) in [6.45, 7) is 5.12. The van der Waals surface area contributed by atoms with Crippen LogP contribution in [-0.2, 0) is 6.54 Å². The van der Waals surface area contributed by atoms with Crippen molar-refractivity contribution in [3.63, 3.8) is 0 Å². The lowest BCUT2D eigenvalue weighted by molar-refractivity contribution is 0.0323. The number of aliphatic hydroxyl groups is 1. The Morgan fingerprint density at radius 1 is 1.35 bits per heavy atom. The quantitative estimate of drug-likeness (QED) is 0.846. The SMILES string of the molecule is CCC(O)(CC)CNCc1ccc(F)c(Br)c1. The fourth-order valence-corrected chi connectivity index (χ4v) is 2.02. The van der Waals surface area contributed by atoms with E-state index < -0.39 is 5.60 Å². The molecule has 1 aromatic rings. The van der Waals surface area contributed by atoms with E-state index in [9.17, 15) is 9.50 Å². The molecule has 0 aliphatic heterocycles. The second-order valence-corrected chi connectivity index (χ2v) is 5.14. The average molecular weight is 304 g/mol. The molecule has 1 aromatic carbocycles. The average Bonchev–Trinajstić information content (AvgIpc) is 2.33. The maximum Gasteiger partial charge on any atom is 0.137 e. The van der Waals surface area contributed by atoms with Gasteiger partial charge in [-0.15, -0.1) is 0 Å². The van der Waals surface area contributed by atoms with Crippen LogP contribution in [0.1, 0.15) is 32.3 Å². The third-order valence-corrected chi connectivity index (χ3v) is 3.69. The molecule has 0 unspecified atom stereocenters. The molecule has 1 rings (SSSR count). The third-order valence-electron chi connectivity index (χ3n) is 3.08. The highest BCUT2D eigenvalue weighted by atomic mass is 79.9. The largest absolute Gasteiger partial charge is 0.389 e. The summed E-state index contributed by atoms with van der Waals surface area (Å²) < 4.78 is 13.5. The molecule has 17 heavy (non-hydrogen) atoms. The van der Waals surface area contributed by atoms with Crippen molar-refractivity contribution in [3.8, 4) is 0 Å². The van der Waals surface area contributed by atoms with Gasteiger partial charge in [-0.1, -0.05) is 19.9 Å². The molecule has 0 saturated carbocycles. The molecular formula is C13H19BrFNO. The molecule has 0 amide bonds. The molecule has 0 aliphatic rings. The summed E-state index contributed by atoms with van der Waals surface area (Å²) in [6, 6.07) is 4.93. The monoisotopic (exact) mass is 303 g/mol. The first-order valence-corrected chi connectivity index (χ1v) is 6.67. The van der Waals surface area contributed by atoms with Crippen molar-refractivity contribution in [2.45, 2.75) is 38.8 Å². The molecule has 0 heterocycles. The van der Waals surface area contributed by atoms with E-state index in [1.54, 1.807) is 12.1 Å². The number of hydrogen-bond acceptors (Lipinski definition) is 2. The first-order chi connectivity index (χ1) is 8.00. The highest BCUT2D eigenvalue weighted by molar-refractivity contribution is 9.10. The summed E-state index contributed by atoms with van der Waals surface area (Å²) in [5, 5.41) is 13.3. The van der Waals surface area contributed by atoms with Gasteiger partial charge in [0.1, 0.15) is 5.82 Å². The molecule has 0 aromatic heterocycles. The summed E-state index contributed by atoms with van der Waals surface area (Å²) >= 11 is 3.15. The number of nitrogens with one attached hydrogen (secondary N) is 1. The first-order valence-electron chi connectivity index (χ1n) is 5.88. The van der Waals surface area contributed by atoms with Crippen LogP contribution in [0.25, 0.3) is 0 Å². The summed E-state index contributed by atoms with van der Waals surface area (Å²) in [6.07, 6.45) is 1.45. The summed E-state index contributed by atoms with van der Waals surface area (Å²) in [5.41, 5.74) is 0.352. The van der Waals surface area contributed by atoms with Gasteiger partial charge in [0.15, 0.2) is 0 Å². The van der Waals surface area contributed by atoms with Crippen LogP contribution >= 0.6 is 15.9 Å². The Bertz CT molecular complexity index is 366. The van der Waals surface area contributed by atoms with Crippen molar-refractivity contribution in [1.29, 1.82) is 0 Å². The fraction of sp³-hybridized carbons (Fsp3) is 0.538. The van der Waals surface area contributed by atoms with E-state index >= 15 is 0 Å². The highest BCUT2D eigenvalue weighted by Gasteiger charge is 2.21. The normalized spacial score (nSPS) is 11.8. The van der Waals surface area contributed by atoms with Crippen molar-refractivity contribution in [2.75, 3.05) is 6.54 Å². The van der Waals surface area contributed by atoms with E-state index in [1.165, 1.54) is 6.07 Å². The molecule has 0 atom stereocenters. The number of benzene rings is 1. The van der Waals surface area contributed by atoms with Crippen molar-refractivity contribution < 1.29 is 9.50 Å². The van der Waals surface area contributed by atoms with E-state index in [2.05, 4.69) is 21.2 Å². The smallest absolute Gasteiger partial charge is 0.137 e. The van der Waals surface area contributed by atoms with Gasteiger partial charge in [-0.3, -0.25) is 0 Å². The van der Waals surface area contributed by atoms with Crippen molar-refractivity contribution >= 4 is 15.9 Å². The van der Waals surface area contributed by atoms with E-state index in [0.717, 1.165) is 18.4 Å².